The van der Waals surface area contributed by atoms with Crippen LogP contribution in [0, 0.1) is 50.2 Å². The molecule has 11 N–H and O–H groups in total. The summed E-state index contributed by atoms with van der Waals surface area (Å²) in [6, 6.07) is 0. The summed E-state index contributed by atoms with van der Waals surface area (Å²) < 4.78 is 49.1. The first-order valence-corrected chi connectivity index (χ1v) is 27.1. The zero-order chi connectivity index (χ0) is 54.9. The molecule has 4 heterocycles. The number of carbonyl (C=O) groups is 2. The fourth-order valence-corrected chi connectivity index (χ4v) is 16.3. The number of hydrogen-bond acceptors (Lipinski definition) is 20. The lowest BCUT2D eigenvalue weighted by atomic mass is 9.33. The minimum absolute atomic E-state index is 0.0493. The lowest BCUT2D eigenvalue weighted by Gasteiger charge is -2.72. The van der Waals surface area contributed by atoms with Gasteiger partial charge in [0.1, 0.15) is 66.8 Å². The number of carboxylic acid groups (broad SMARTS) is 1. The van der Waals surface area contributed by atoms with Crippen LogP contribution in [0.1, 0.15) is 127 Å². The van der Waals surface area contributed by atoms with Gasteiger partial charge in [-0.3, -0.25) is 4.79 Å². The molecule has 26 atom stereocenters. The zero-order valence-electron chi connectivity index (χ0n) is 44.7. The van der Waals surface area contributed by atoms with Gasteiger partial charge in [-0.05, 0) is 111 Å². The van der Waals surface area contributed by atoms with Crippen LogP contribution < -0.4 is 0 Å². The molecule has 4 aliphatic heterocycles. The van der Waals surface area contributed by atoms with Gasteiger partial charge in [0, 0.05) is 10.8 Å². The van der Waals surface area contributed by atoms with Crippen LogP contribution in [0.3, 0.4) is 0 Å². The summed E-state index contributed by atoms with van der Waals surface area (Å²) in [7, 11) is 0. The van der Waals surface area contributed by atoms with Crippen LogP contribution in [0.2, 0.25) is 0 Å². The van der Waals surface area contributed by atoms with Gasteiger partial charge in [-0.25, -0.2) is 4.79 Å². The highest BCUT2D eigenvalue weighted by molar-refractivity contribution is 5.94. The fraction of sp³-hybridized carbons (Fsp3) is 0.889. The molecule has 75 heavy (non-hydrogen) atoms. The predicted octanol–water partition coefficient (Wildman–Crippen LogP) is 1.83. The van der Waals surface area contributed by atoms with Crippen molar-refractivity contribution >= 4 is 11.8 Å². The number of hydrogen-bond donors (Lipinski definition) is 11. The number of aliphatic carboxylic acids is 1. The average molecular weight is 1070 g/mol. The topological polar surface area (TPSA) is 331 Å². The molecule has 0 aromatic rings. The van der Waals surface area contributed by atoms with Gasteiger partial charge < -0.3 is 94.1 Å². The molecule has 0 aromatic carbocycles. The third-order valence-corrected chi connectivity index (χ3v) is 21.0. The van der Waals surface area contributed by atoms with Crippen LogP contribution in [0.5, 0.6) is 0 Å². The number of ketones is 1. The van der Waals surface area contributed by atoms with E-state index in [-0.39, 0.29) is 81.3 Å². The monoisotopic (exact) mass is 1070 g/mol. The van der Waals surface area contributed by atoms with Crippen molar-refractivity contribution in [2.75, 3.05) is 13.2 Å². The van der Waals surface area contributed by atoms with E-state index in [9.17, 15) is 65.8 Å². The second-order valence-corrected chi connectivity index (χ2v) is 25.8. The third-order valence-electron chi connectivity index (χ3n) is 21.0. The number of Topliss-reactive ketones (excluding diaryl/α,β-unsaturated/α-hetero) is 1. The highest BCUT2D eigenvalue weighted by atomic mass is 16.8. The van der Waals surface area contributed by atoms with Gasteiger partial charge in [-0.1, -0.05) is 60.1 Å². The Morgan fingerprint density at radius 3 is 1.99 bits per heavy atom. The van der Waals surface area contributed by atoms with E-state index in [1.807, 2.05) is 6.92 Å². The van der Waals surface area contributed by atoms with Crippen molar-refractivity contribution in [2.45, 2.75) is 237 Å². The molecule has 0 radical (unpaired) electrons. The van der Waals surface area contributed by atoms with Crippen LogP contribution in [-0.4, -0.2) is 192 Å². The summed E-state index contributed by atoms with van der Waals surface area (Å²) in [4.78, 5) is 25.3. The van der Waals surface area contributed by atoms with Crippen LogP contribution >= 0.6 is 0 Å². The standard InChI is InChI=1S/C54H84O21/c1-23-34(58)27(57)18-33(68-23)71-32-20-49(3,4)19-26-25-10-11-30-51(6)14-13-31(52(7,22-56)29(51)12-15-54(30,9)53(25,8)17-16-50(26,32)5)72-48-44(40(64)39(63)42(73-48)45(66)67)75-47-43(38(62)36(60)28(21-55)70-47)74-46-41(65)37(61)35(59)24(2)69-46/h10,24,26,28-33,35-44,46-48,55-56,58-65H,11-22H2,1-9H3,(H,66,67)/t24-,26-,28+,29+,30+,31-,32+,33+,35-,36-,37+,38-,39-,40-,41+,42-,43+,44+,46-,47-,48+,50+,51-,52+,53+,54+/m0/s1. The second-order valence-electron chi connectivity index (χ2n) is 25.8. The number of fused-ring (bicyclic) bond motifs is 7. The third kappa shape index (κ3) is 9.25. The van der Waals surface area contributed by atoms with Crippen molar-refractivity contribution in [2.24, 2.45) is 50.2 Å². The Balaban J connectivity index is 0.980. The number of allylic oxidation sites excluding steroid dienone is 4. The molecule has 426 valence electrons. The van der Waals surface area contributed by atoms with Crippen LogP contribution in [0.4, 0.5) is 0 Å². The summed E-state index contributed by atoms with van der Waals surface area (Å²) in [5.41, 5.74) is -0.538. The number of ether oxygens (including phenoxy) is 8. The lowest BCUT2D eigenvalue weighted by molar-refractivity contribution is -0.396. The Labute approximate surface area is 438 Å². The van der Waals surface area contributed by atoms with E-state index in [2.05, 4.69) is 47.6 Å². The van der Waals surface area contributed by atoms with E-state index >= 15 is 0 Å². The normalized spacial score (nSPS) is 52.9. The van der Waals surface area contributed by atoms with Gasteiger partial charge in [-0.15, -0.1) is 0 Å². The Morgan fingerprint density at radius 2 is 1.35 bits per heavy atom. The van der Waals surface area contributed by atoms with Gasteiger partial charge in [0.25, 0.3) is 0 Å². The van der Waals surface area contributed by atoms with E-state index in [1.54, 1.807) is 6.92 Å². The molecular formula is C54H84O21. The van der Waals surface area contributed by atoms with Gasteiger partial charge in [0.05, 0.1) is 37.9 Å². The van der Waals surface area contributed by atoms with Crippen molar-refractivity contribution in [3.05, 3.63) is 23.2 Å². The zero-order valence-corrected chi connectivity index (χ0v) is 44.7. The smallest absolute Gasteiger partial charge is 0.335 e. The summed E-state index contributed by atoms with van der Waals surface area (Å²) >= 11 is 0. The molecule has 0 bridgehead atoms. The maximum Gasteiger partial charge on any atom is 0.335 e. The number of rotatable bonds is 11. The van der Waals surface area contributed by atoms with Crippen molar-refractivity contribution < 1.29 is 104 Å². The molecule has 4 saturated carbocycles. The fourth-order valence-electron chi connectivity index (χ4n) is 16.3. The molecule has 21 nitrogen and oxygen atoms in total. The van der Waals surface area contributed by atoms with Gasteiger partial charge in [0.15, 0.2) is 30.7 Å². The molecule has 5 aliphatic carbocycles. The molecule has 7 fully saturated rings. The Kier molecular flexibility index (Phi) is 15.5. The molecule has 0 amide bonds. The largest absolute Gasteiger partial charge is 0.502 e. The molecule has 0 unspecified atom stereocenters. The number of carboxylic acids is 1. The van der Waals surface area contributed by atoms with E-state index < -0.39 is 123 Å². The SMILES string of the molecule is CC1=C(O)C(=O)C[C@@H](O[C@@H]2CC(C)(C)C[C@H]3C4=CC[C@@H]5[C@@]6(C)CC[C@H](O[C@@H]7O[C@H](C(=O)O)[C@@H](O)[C@H](O)[C@H]7O[C@@H]7O[C@H](CO)[C@H](O)[C@H](O)[C@H]7O[C@@H]7O[C@@H](C)[C@H](O)[C@@H](O)[C@H]7O)[C@](C)(CO)[C@@H]6CC[C@@]5(C)[C@]4(C)CC[C@@]23C)O1. The first kappa shape index (κ1) is 57.3. The quantitative estimate of drug-likeness (QED) is 0.104. The first-order valence-electron chi connectivity index (χ1n) is 27.1. The Hall–Kier alpha value is -2.42. The first-order chi connectivity index (χ1) is 35.0. The average Bonchev–Trinajstić information content (AvgIpc) is 3.35. The van der Waals surface area contributed by atoms with Crippen molar-refractivity contribution in [1.82, 2.24) is 0 Å². The summed E-state index contributed by atoms with van der Waals surface area (Å²) in [5, 5.41) is 119. The summed E-state index contributed by atoms with van der Waals surface area (Å²) in [6.45, 7) is 17.9. The van der Waals surface area contributed by atoms with Gasteiger partial charge >= 0.3 is 5.97 Å². The number of carbonyl (C=O) groups excluding carboxylic acids is 1. The molecule has 0 spiro atoms. The van der Waals surface area contributed by atoms with E-state index in [4.69, 9.17) is 37.9 Å². The van der Waals surface area contributed by atoms with E-state index in [1.165, 1.54) is 12.5 Å². The molecule has 0 aromatic heterocycles. The minimum atomic E-state index is -2.09. The number of aliphatic hydroxyl groups excluding tert-OH is 10. The molecule has 9 rings (SSSR count). The maximum atomic E-state index is 12.7. The van der Waals surface area contributed by atoms with Gasteiger partial charge in [-0.2, -0.15) is 0 Å². The van der Waals surface area contributed by atoms with Crippen LogP contribution in [-0.2, 0) is 47.5 Å². The number of aliphatic hydroxyl groups is 10. The van der Waals surface area contributed by atoms with Crippen molar-refractivity contribution in [3.8, 4) is 0 Å². The van der Waals surface area contributed by atoms with E-state index in [0.717, 1.165) is 44.9 Å². The summed E-state index contributed by atoms with van der Waals surface area (Å²) in [5.74, 6) is -1.94. The van der Waals surface area contributed by atoms with Gasteiger partial charge in [0.2, 0.25) is 12.1 Å². The Bertz CT molecular complexity index is 2210. The van der Waals surface area contributed by atoms with E-state index in [0.29, 0.717) is 12.8 Å². The minimum Gasteiger partial charge on any atom is -0.502 e. The van der Waals surface area contributed by atoms with Crippen LogP contribution in [0.15, 0.2) is 23.2 Å². The molecule has 9 aliphatic rings. The predicted molar refractivity (Wildman–Crippen MR) is 259 cm³/mol. The van der Waals surface area contributed by atoms with Crippen molar-refractivity contribution in [3.63, 3.8) is 0 Å². The highest BCUT2D eigenvalue weighted by Gasteiger charge is 2.70. The highest BCUT2D eigenvalue weighted by Crippen LogP contribution is 2.76. The molecule has 3 saturated heterocycles. The van der Waals surface area contributed by atoms with Crippen molar-refractivity contribution in [1.29, 1.82) is 0 Å². The lowest BCUT2D eigenvalue weighted by Crippen LogP contribution is -2.68. The molecule has 21 heteroatoms. The van der Waals surface area contributed by atoms with Crippen LogP contribution in [0.25, 0.3) is 0 Å². The Morgan fingerprint density at radius 1 is 0.693 bits per heavy atom. The summed E-state index contributed by atoms with van der Waals surface area (Å²) in [6.07, 6.45) is -19.0. The maximum absolute atomic E-state index is 12.7. The second kappa shape index (κ2) is 20.3. The molecular weight excluding hydrogens is 985 g/mol.